The third kappa shape index (κ3) is 11.6. The molecule has 1 aliphatic heterocycles. The van der Waals surface area contributed by atoms with Crippen molar-refractivity contribution in [2.45, 2.75) is 130 Å². The van der Waals surface area contributed by atoms with Gasteiger partial charge >= 0.3 is 6.09 Å². The molecule has 54 heavy (non-hydrogen) atoms. The molecule has 1 fully saturated rings. The standard InChI is InChI=1S/C40H67N5O9/c1-13-25(6)34(43(9)39(50)32(23(2)3)42-38(49)33(24(4)5)44(10)40(51)52)30(53-11)22-31(46)45-21-17-20-29(45)36(54-12)26(7)37(48)41-27(8)35(47)28-18-15-14-16-19-28/h14-16,18-19,23-27,29-30,32-36,47H,13,17,20-22H2,1-12H3,(H,41,48)(H,42,49)(H,51,52)/t25-,26+,27+,29+,30+,32-,33-,34-,35+,36+/m0/s1. The number of aliphatic hydroxyl groups is 1. The van der Waals surface area contributed by atoms with E-state index in [1.807, 2.05) is 45.9 Å². The number of likely N-dealkylation sites (N-methyl/N-ethyl adjacent to an activating group) is 2. The molecule has 1 aliphatic rings. The van der Waals surface area contributed by atoms with Gasteiger partial charge in [0.1, 0.15) is 12.1 Å². The summed E-state index contributed by atoms with van der Waals surface area (Å²) in [5.41, 5.74) is 0.692. The van der Waals surface area contributed by atoms with Gasteiger partial charge in [0, 0.05) is 34.9 Å². The molecule has 0 bridgehead atoms. The summed E-state index contributed by atoms with van der Waals surface area (Å²) in [5.74, 6) is -2.82. The van der Waals surface area contributed by atoms with Gasteiger partial charge in [0.25, 0.3) is 0 Å². The first-order chi connectivity index (χ1) is 25.3. The van der Waals surface area contributed by atoms with Gasteiger partial charge in [0.05, 0.1) is 48.8 Å². The fourth-order valence-electron chi connectivity index (χ4n) is 7.70. The first-order valence-corrected chi connectivity index (χ1v) is 19.2. The quantitative estimate of drug-likeness (QED) is 0.153. The molecule has 1 aromatic carbocycles. The van der Waals surface area contributed by atoms with Gasteiger partial charge in [-0.3, -0.25) is 24.1 Å². The van der Waals surface area contributed by atoms with Crippen molar-refractivity contribution in [2.24, 2.45) is 23.7 Å². The number of hydrogen-bond donors (Lipinski definition) is 4. The van der Waals surface area contributed by atoms with Crippen LogP contribution in [0.25, 0.3) is 0 Å². The molecular formula is C40H67N5O9. The fraction of sp³-hybridized carbons (Fsp3) is 0.725. The number of rotatable bonds is 20. The summed E-state index contributed by atoms with van der Waals surface area (Å²) in [4.78, 5) is 71.3. The van der Waals surface area contributed by atoms with Crippen LogP contribution in [0.15, 0.2) is 30.3 Å². The number of carboxylic acid groups (broad SMARTS) is 1. The zero-order valence-corrected chi connectivity index (χ0v) is 34.4. The van der Waals surface area contributed by atoms with Gasteiger partial charge in [-0.25, -0.2) is 4.79 Å². The van der Waals surface area contributed by atoms with Crippen molar-refractivity contribution in [3.8, 4) is 0 Å². The maximum absolute atomic E-state index is 14.2. The molecule has 4 N–H and O–H groups in total. The molecule has 14 heteroatoms. The monoisotopic (exact) mass is 761 g/mol. The van der Waals surface area contributed by atoms with E-state index in [0.29, 0.717) is 24.9 Å². The highest BCUT2D eigenvalue weighted by Crippen LogP contribution is 2.30. The number of nitrogens with zero attached hydrogens (tertiary/aromatic N) is 3. The molecule has 5 amide bonds. The second kappa shape index (κ2) is 21.4. The van der Waals surface area contributed by atoms with Gasteiger partial charge in [0.2, 0.25) is 23.6 Å². The largest absolute Gasteiger partial charge is 0.465 e. The predicted octanol–water partition coefficient (Wildman–Crippen LogP) is 3.92. The topological polar surface area (TPSA) is 178 Å². The maximum atomic E-state index is 14.2. The third-order valence-electron chi connectivity index (χ3n) is 11.1. The molecule has 14 nitrogen and oxygen atoms in total. The number of carbonyl (C=O) groups excluding carboxylic acids is 4. The minimum atomic E-state index is -1.25. The van der Waals surface area contributed by atoms with E-state index >= 15 is 0 Å². The molecule has 0 radical (unpaired) electrons. The molecular weight excluding hydrogens is 694 g/mol. The Kier molecular flexibility index (Phi) is 18.4. The molecule has 1 aromatic rings. The molecule has 0 aliphatic carbocycles. The first-order valence-electron chi connectivity index (χ1n) is 19.2. The van der Waals surface area contributed by atoms with Gasteiger partial charge in [0.15, 0.2) is 0 Å². The van der Waals surface area contributed by atoms with Crippen LogP contribution in [0.2, 0.25) is 0 Å². The molecule has 306 valence electrons. The van der Waals surface area contributed by atoms with E-state index < -0.39 is 60.4 Å². The lowest BCUT2D eigenvalue weighted by Crippen LogP contribution is -2.60. The lowest BCUT2D eigenvalue weighted by Gasteiger charge is -2.41. The molecule has 0 aromatic heterocycles. The Labute approximate surface area is 322 Å². The second-order valence-corrected chi connectivity index (χ2v) is 15.6. The summed E-state index contributed by atoms with van der Waals surface area (Å²) < 4.78 is 11.9. The van der Waals surface area contributed by atoms with Crippen LogP contribution in [0, 0.1) is 23.7 Å². The van der Waals surface area contributed by atoms with Crippen LogP contribution in [0.3, 0.4) is 0 Å². The van der Waals surface area contributed by atoms with E-state index in [1.54, 1.807) is 56.7 Å². The molecule has 10 atom stereocenters. The Bertz CT molecular complexity index is 1380. The summed E-state index contributed by atoms with van der Waals surface area (Å²) in [6.07, 6.45) is -1.45. The highest BCUT2D eigenvalue weighted by Gasteiger charge is 2.43. The van der Waals surface area contributed by atoms with Crippen molar-refractivity contribution in [1.82, 2.24) is 25.3 Å². The van der Waals surface area contributed by atoms with Gasteiger partial charge in [-0.15, -0.1) is 0 Å². The molecule has 0 unspecified atom stereocenters. The smallest absolute Gasteiger partial charge is 0.407 e. The van der Waals surface area contributed by atoms with Crippen LogP contribution in [0.5, 0.6) is 0 Å². The average Bonchev–Trinajstić information content (AvgIpc) is 3.62. The van der Waals surface area contributed by atoms with Gasteiger partial charge in [-0.05, 0) is 43.1 Å². The Morgan fingerprint density at radius 2 is 1.50 bits per heavy atom. The summed E-state index contributed by atoms with van der Waals surface area (Å²) in [6.45, 7) is 15.1. The van der Waals surface area contributed by atoms with E-state index in [9.17, 15) is 34.2 Å². The van der Waals surface area contributed by atoms with Crippen molar-refractivity contribution >= 4 is 29.7 Å². The predicted molar refractivity (Wildman–Crippen MR) is 206 cm³/mol. The SMILES string of the molecule is CC[C@H](C)[C@@H]([C@@H](CC(=O)N1CCC[C@@H]1[C@H](OC)[C@@H](C)C(=O)N[C@H](C)[C@@H](O)c1ccccc1)OC)N(C)C(=O)[C@@H](NC(=O)[C@H](C(C)C)N(C)C(=O)O)C(C)C. The van der Waals surface area contributed by atoms with E-state index in [1.165, 1.54) is 21.3 Å². The van der Waals surface area contributed by atoms with Crippen LogP contribution in [-0.2, 0) is 28.7 Å². The zero-order chi connectivity index (χ0) is 41.0. The minimum Gasteiger partial charge on any atom is -0.465 e. The van der Waals surface area contributed by atoms with Crippen molar-refractivity contribution in [3.63, 3.8) is 0 Å². The number of likely N-dealkylation sites (tertiary alicyclic amines) is 1. The maximum Gasteiger partial charge on any atom is 0.407 e. The summed E-state index contributed by atoms with van der Waals surface area (Å²) in [6, 6.07) is 5.67. The van der Waals surface area contributed by atoms with Crippen LogP contribution in [0.1, 0.15) is 92.7 Å². The van der Waals surface area contributed by atoms with Crippen LogP contribution >= 0.6 is 0 Å². The van der Waals surface area contributed by atoms with E-state index in [4.69, 9.17) is 9.47 Å². The molecule has 0 spiro atoms. The Balaban J connectivity index is 2.27. The lowest BCUT2D eigenvalue weighted by molar-refractivity contribution is -0.148. The molecule has 0 saturated carbocycles. The van der Waals surface area contributed by atoms with Gasteiger partial charge in [-0.1, -0.05) is 85.2 Å². The number of benzene rings is 1. The third-order valence-corrected chi connectivity index (χ3v) is 11.1. The summed E-state index contributed by atoms with van der Waals surface area (Å²) in [7, 11) is 6.02. The second-order valence-electron chi connectivity index (χ2n) is 15.6. The van der Waals surface area contributed by atoms with Crippen molar-refractivity contribution in [2.75, 3.05) is 34.9 Å². The number of hydrogen-bond acceptors (Lipinski definition) is 8. The van der Waals surface area contributed by atoms with Crippen molar-refractivity contribution in [3.05, 3.63) is 35.9 Å². The molecule has 2 rings (SSSR count). The highest BCUT2D eigenvalue weighted by molar-refractivity contribution is 5.91. The highest BCUT2D eigenvalue weighted by atomic mass is 16.5. The van der Waals surface area contributed by atoms with E-state index in [2.05, 4.69) is 10.6 Å². The number of methoxy groups -OCH3 is 2. The number of carbonyl (C=O) groups is 5. The Hall–Kier alpha value is -3.75. The van der Waals surface area contributed by atoms with Crippen LogP contribution in [0.4, 0.5) is 4.79 Å². The van der Waals surface area contributed by atoms with Gasteiger partial charge < -0.3 is 40.1 Å². The fourth-order valence-corrected chi connectivity index (χ4v) is 7.70. The summed E-state index contributed by atoms with van der Waals surface area (Å²) in [5, 5.41) is 26.2. The van der Waals surface area contributed by atoms with Crippen LogP contribution in [-0.4, -0.2) is 132 Å². The lowest BCUT2D eigenvalue weighted by atomic mass is 9.89. The van der Waals surface area contributed by atoms with Crippen molar-refractivity contribution < 1.29 is 43.7 Å². The average molecular weight is 762 g/mol. The van der Waals surface area contributed by atoms with E-state index in [0.717, 1.165) is 11.3 Å². The normalized spacial score (nSPS) is 19.5. The number of aliphatic hydroxyl groups excluding tert-OH is 1. The van der Waals surface area contributed by atoms with Crippen molar-refractivity contribution in [1.29, 1.82) is 0 Å². The first kappa shape index (κ1) is 46.4. The molecule has 1 heterocycles. The number of amides is 5. The number of nitrogens with one attached hydrogen (secondary N) is 2. The molecule has 1 saturated heterocycles. The van der Waals surface area contributed by atoms with Gasteiger partial charge in [-0.2, -0.15) is 0 Å². The summed E-state index contributed by atoms with van der Waals surface area (Å²) >= 11 is 0. The Morgan fingerprint density at radius 3 is 2.00 bits per heavy atom. The zero-order valence-electron chi connectivity index (χ0n) is 34.4. The van der Waals surface area contributed by atoms with Crippen LogP contribution < -0.4 is 10.6 Å². The number of ether oxygens (including phenoxy) is 2. The van der Waals surface area contributed by atoms with E-state index in [-0.39, 0.29) is 47.9 Å². The minimum absolute atomic E-state index is 0.0333. The Morgan fingerprint density at radius 1 is 0.889 bits per heavy atom.